The van der Waals surface area contributed by atoms with Gasteiger partial charge < -0.3 is 10.1 Å². The van der Waals surface area contributed by atoms with Gasteiger partial charge in [0.25, 0.3) is 0 Å². The molecule has 1 aromatic rings. The van der Waals surface area contributed by atoms with Crippen molar-refractivity contribution in [2.24, 2.45) is 4.40 Å². The second-order valence-electron chi connectivity index (χ2n) is 5.55. The molecule has 0 aromatic heterocycles. The lowest BCUT2D eigenvalue weighted by Crippen LogP contribution is -2.37. The molecule has 0 atom stereocenters. The summed E-state index contributed by atoms with van der Waals surface area (Å²) in [6.07, 6.45) is 1.06. The molecule has 0 saturated heterocycles. The predicted octanol–water partition coefficient (Wildman–Crippen LogP) is 1.32. The fourth-order valence-electron chi connectivity index (χ4n) is 2.35. The molecule has 134 valence electrons. The lowest BCUT2D eigenvalue weighted by atomic mass is 10.1. The number of nitrogens with one attached hydrogen (secondary N) is 1. The highest BCUT2D eigenvalue weighted by molar-refractivity contribution is 7.88. The van der Waals surface area contributed by atoms with Crippen molar-refractivity contribution in [1.82, 2.24) is 4.31 Å². The number of amides is 1. The molecule has 1 aliphatic rings. The smallest absolute Gasteiger partial charge is 0.344 e. The zero-order chi connectivity index (χ0) is 18.8. The molecule has 0 spiro atoms. The molecule has 0 bridgehead atoms. The molecular formula is C16H19N3O5S. The van der Waals surface area contributed by atoms with E-state index in [4.69, 9.17) is 0 Å². The standard InChI is InChI=1S/C16H19N3O5S/c1-10-6-5-7-11(2)15(10)17-14(20)9-19-8-13(16(21)24-4)12(3)18-25(19,22)23/h5-8H,9H2,1-4H3,(H,17,20). The normalized spacial score (nSPS) is 15.9. The average Bonchev–Trinajstić information content (AvgIpc) is 2.52. The largest absolute Gasteiger partial charge is 0.465 e. The van der Waals surface area contributed by atoms with Crippen LogP contribution in [-0.4, -0.2) is 44.0 Å². The number of esters is 1. The van der Waals surface area contributed by atoms with E-state index in [2.05, 4.69) is 14.5 Å². The molecule has 1 aliphatic heterocycles. The molecule has 0 saturated carbocycles. The lowest BCUT2D eigenvalue weighted by molar-refractivity contribution is -0.135. The molecule has 1 N–H and O–H groups in total. The van der Waals surface area contributed by atoms with E-state index in [9.17, 15) is 18.0 Å². The van der Waals surface area contributed by atoms with Gasteiger partial charge in [0, 0.05) is 11.9 Å². The van der Waals surface area contributed by atoms with E-state index in [1.165, 1.54) is 14.0 Å². The summed E-state index contributed by atoms with van der Waals surface area (Å²) < 4.78 is 33.1. The fourth-order valence-corrected chi connectivity index (χ4v) is 3.42. The summed E-state index contributed by atoms with van der Waals surface area (Å²) in [6.45, 7) is 4.55. The topological polar surface area (TPSA) is 105 Å². The van der Waals surface area contributed by atoms with Crippen LogP contribution in [0.1, 0.15) is 18.1 Å². The maximum absolute atomic E-state index is 12.3. The van der Waals surface area contributed by atoms with E-state index in [0.29, 0.717) is 5.69 Å². The van der Waals surface area contributed by atoms with E-state index in [1.807, 2.05) is 32.0 Å². The minimum Gasteiger partial charge on any atom is -0.465 e. The van der Waals surface area contributed by atoms with Gasteiger partial charge in [0.05, 0.1) is 18.4 Å². The summed E-state index contributed by atoms with van der Waals surface area (Å²) >= 11 is 0. The number of ether oxygens (including phenoxy) is 1. The Morgan fingerprint density at radius 2 is 1.80 bits per heavy atom. The summed E-state index contributed by atoms with van der Waals surface area (Å²) in [7, 11) is -2.90. The Bertz CT molecular complexity index is 867. The van der Waals surface area contributed by atoms with Crippen LogP contribution < -0.4 is 5.32 Å². The number of hydrogen-bond acceptors (Lipinski definition) is 5. The third-order valence-electron chi connectivity index (χ3n) is 3.66. The quantitative estimate of drug-likeness (QED) is 0.810. The molecular weight excluding hydrogens is 346 g/mol. The number of nitrogens with zero attached hydrogens (tertiary/aromatic N) is 2. The molecule has 9 heteroatoms. The number of rotatable bonds is 4. The maximum Gasteiger partial charge on any atom is 0.344 e. The Morgan fingerprint density at radius 3 is 2.36 bits per heavy atom. The molecule has 1 heterocycles. The van der Waals surface area contributed by atoms with Crippen LogP contribution in [0.2, 0.25) is 0 Å². The Hall–Kier alpha value is -2.68. The number of para-hydroxylation sites is 1. The molecule has 1 amide bonds. The van der Waals surface area contributed by atoms with Gasteiger partial charge in [0.1, 0.15) is 6.54 Å². The Morgan fingerprint density at radius 1 is 1.20 bits per heavy atom. The number of benzene rings is 1. The second-order valence-corrected chi connectivity index (χ2v) is 7.10. The molecule has 1 aromatic carbocycles. The van der Waals surface area contributed by atoms with Crippen molar-refractivity contribution in [3.8, 4) is 0 Å². The summed E-state index contributed by atoms with van der Waals surface area (Å²) in [6, 6.07) is 5.53. The van der Waals surface area contributed by atoms with E-state index < -0.39 is 28.6 Å². The van der Waals surface area contributed by atoms with Crippen LogP contribution in [0.3, 0.4) is 0 Å². The van der Waals surface area contributed by atoms with Gasteiger partial charge in [0.2, 0.25) is 5.91 Å². The number of carbonyl (C=O) groups is 2. The van der Waals surface area contributed by atoms with Crippen LogP contribution in [-0.2, 0) is 24.5 Å². The zero-order valence-electron chi connectivity index (χ0n) is 14.4. The van der Waals surface area contributed by atoms with Gasteiger partial charge in [-0.1, -0.05) is 18.2 Å². The van der Waals surface area contributed by atoms with E-state index in [0.717, 1.165) is 21.6 Å². The SMILES string of the molecule is COC(=O)C1=CN(CC(=O)Nc2c(C)cccc2C)S(=O)(=O)N=C1C. The number of anilines is 1. The summed E-state index contributed by atoms with van der Waals surface area (Å²) in [4.78, 5) is 24.0. The molecule has 2 rings (SSSR count). The third kappa shape index (κ3) is 4.05. The highest BCUT2D eigenvalue weighted by Crippen LogP contribution is 2.21. The van der Waals surface area contributed by atoms with Crippen LogP contribution in [0.25, 0.3) is 0 Å². The molecule has 0 unspecified atom stereocenters. The van der Waals surface area contributed by atoms with Crippen molar-refractivity contribution in [3.63, 3.8) is 0 Å². The van der Waals surface area contributed by atoms with Gasteiger partial charge in [-0.25, -0.2) is 9.10 Å². The number of carbonyl (C=O) groups excluding carboxylic acids is 2. The maximum atomic E-state index is 12.3. The summed E-state index contributed by atoms with van der Waals surface area (Å²) in [5.74, 6) is -1.27. The number of methoxy groups -OCH3 is 1. The fraction of sp³-hybridized carbons (Fsp3) is 0.312. The molecule has 0 aliphatic carbocycles. The van der Waals surface area contributed by atoms with Gasteiger partial charge in [-0.3, -0.25) is 4.79 Å². The highest BCUT2D eigenvalue weighted by Gasteiger charge is 2.30. The Balaban J connectivity index is 2.24. The van der Waals surface area contributed by atoms with Crippen molar-refractivity contribution in [1.29, 1.82) is 0 Å². The monoisotopic (exact) mass is 365 g/mol. The molecule has 25 heavy (non-hydrogen) atoms. The van der Waals surface area contributed by atoms with Crippen molar-refractivity contribution >= 4 is 33.5 Å². The Labute approximate surface area is 146 Å². The van der Waals surface area contributed by atoms with E-state index >= 15 is 0 Å². The molecule has 0 radical (unpaired) electrons. The highest BCUT2D eigenvalue weighted by atomic mass is 32.2. The zero-order valence-corrected chi connectivity index (χ0v) is 15.2. The Kier molecular flexibility index (Phi) is 5.27. The first-order valence-electron chi connectivity index (χ1n) is 7.40. The van der Waals surface area contributed by atoms with Crippen LogP contribution in [0, 0.1) is 13.8 Å². The van der Waals surface area contributed by atoms with Crippen LogP contribution in [0.15, 0.2) is 34.4 Å². The molecule has 8 nitrogen and oxygen atoms in total. The van der Waals surface area contributed by atoms with Gasteiger partial charge >= 0.3 is 16.2 Å². The number of aryl methyl sites for hydroxylation is 2. The summed E-state index contributed by atoms with van der Waals surface area (Å²) in [5.41, 5.74) is 2.33. The predicted molar refractivity (Wildman–Crippen MR) is 93.4 cm³/mol. The average molecular weight is 365 g/mol. The van der Waals surface area contributed by atoms with Crippen LogP contribution in [0.5, 0.6) is 0 Å². The molecule has 0 fully saturated rings. The van der Waals surface area contributed by atoms with E-state index in [-0.39, 0.29) is 11.3 Å². The van der Waals surface area contributed by atoms with Gasteiger partial charge in [-0.15, -0.1) is 4.40 Å². The van der Waals surface area contributed by atoms with Crippen molar-refractivity contribution in [2.45, 2.75) is 20.8 Å². The lowest BCUT2D eigenvalue weighted by Gasteiger charge is -2.23. The van der Waals surface area contributed by atoms with Crippen molar-refractivity contribution < 1.29 is 22.7 Å². The van der Waals surface area contributed by atoms with E-state index in [1.54, 1.807) is 0 Å². The van der Waals surface area contributed by atoms with Crippen LogP contribution in [0.4, 0.5) is 5.69 Å². The van der Waals surface area contributed by atoms with Gasteiger partial charge in [-0.2, -0.15) is 8.42 Å². The number of hydrogen-bond donors (Lipinski definition) is 1. The van der Waals surface area contributed by atoms with Crippen molar-refractivity contribution in [2.75, 3.05) is 19.0 Å². The second kappa shape index (κ2) is 7.06. The first kappa shape index (κ1) is 18.7. The minimum absolute atomic E-state index is 0.0123. The minimum atomic E-state index is -4.08. The first-order valence-corrected chi connectivity index (χ1v) is 8.80. The first-order chi connectivity index (χ1) is 11.7. The van der Waals surface area contributed by atoms with Gasteiger partial charge in [-0.05, 0) is 31.9 Å². The van der Waals surface area contributed by atoms with Crippen LogP contribution >= 0.6 is 0 Å². The summed E-state index contributed by atoms with van der Waals surface area (Å²) in [5, 5.41) is 2.69. The van der Waals surface area contributed by atoms with Crippen molar-refractivity contribution in [3.05, 3.63) is 41.1 Å². The van der Waals surface area contributed by atoms with Gasteiger partial charge in [0.15, 0.2) is 0 Å². The third-order valence-corrected chi connectivity index (χ3v) is 4.99.